The fourth-order valence-corrected chi connectivity index (χ4v) is 4.33. The zero-order valence-electron chi connectivity index (χ0n) is 12.3. The summed E-state index contributed by atoms with van der Waals surface area (Å²) in [4.78, 5) is 8.35. The number of aromatic nitrogens is 3. The van der Waals surface area contributed by atoms with Crippen molar-refractivity contribution < 1.29 is 12.9 Å². The Morgan fingerprint density at radius 1 is 1.32 bits per heavy atom. The molecule has 0 unspecified atom stereocenters. The van der Waals surface area contributed by atoms with E-state index >= 15 is 0 Å². The Morgan fingerprint density at radius 3 is 2.86 bits per heavy atom. The van der Waals surface area contributed by atoms with Gasteiger partial charge in [-0.25, -0.2) is 8.42 Å². The number of rotatable bonds is 3. The molecular formula is C14H18N4O3S. The van der Waals surface area contributed by atoms with E-state index in [9.17, 15) is 8.42 Å². The van der Waals surface area contributed by atoms with Gasteiger partial charge in [-0.2, -0.15) is 9.29 Å². The van der Waals surface area contributed by atoms with Crippen LogP contribution in [0.3, 0.4) is 0 Å². The minimum Gasteiger partial charge on any atom is -0.340 e. The highest BCUT2D eigenvalue weighted by molar-refractivity contribution is 7.89. The van der Waals surface area contributed by atoms with Gasteiger partial charge in [0.2, 0.25) is 15.9 Å². The highest BCUT2D eigenvalue weighted by Crippen LogP contribution is 2.33. The van der Waals surface area contributed by atoms with Gasteiger partial charge in [-0.1, -0.05) is 18.0 Å². The van der Waals surface area contributed by atoms with Crippen LogP contribution in [0.15, 0.2) is 33.9 Å². The van der Waals surface area contributed by atoms with Gasteiger partial charge in [0.1, 0.15) is 4.90 Å². The summed E-state index contributed by atoms with van der Waals surface area (Å²) in [6.45, 7) is 2.16. The van der Waals surface area contributed by atoms with E-state index in [0.717, 1.165) is 19.3 Å². The van der Waals surface area contributed by atoms with Crippen LogP contribution in [0.5, 0.6) is 0 Å². The van der Waals surface area contributed by atoms with E-state index in [1.807, 2.05) is 0 Å². The summed E-state index contributed by atoms with van der Waals surface area (Å²) in [5.41, 5.74) is 0. The normalized spacial score (nSPS) is 20.7. The zero-order valence-corrected chi connectivity index (χ0v) is 13.2. The summed E-state index contributed by atoms with van der Waals surface area (Å²) < 4.78 is 32.4. The third-order valence-electron chi connectivity index (χ3n) is 3.79. The average molecular weight is 322 g/mol. The quantitative estimate of drug-likeness (QED) is 0.859. The van der Waals surface area contributed by atoms with Gasteiger partial charge in [-0.15, -0.1) is 0 Å². The highest BCUT2D eigenvalue weighted by atomic mass is 32.2. The lowest BCUT2D eigenvalue weighted by Gasteiger charge is -2.26. The molecule has 2 aromatic rings. The molecule has 0 aliphatic carbocycles. The molecule has 0 saturated carbocycles. The Kier molecular flexibility index (Phi) is 4.21. The van der Waals surface area contributed by atoms with Crippen LogP contribution in [0, 0.1) is 6.92 Å². The largest absolute Gasteiger partial charge is 0.340 e. The Labute approximate surface area is 129 Å². The molecule has 0 radical (unpaired) electrons. The summed E-state index contributed by atoms with van der Waals surface area (Å²) >= 11 is 0. The minimum atomic E-state index is -3.62. The first-order chi connectivity index (χ1) is 10.6. The molecule has 2 aromatic heterocycles. The van der Waals surface area contributed by atoms with Gasteiger partial charge in [0.15, 0.2) is 5.82 Å². The number of hydrogen-bond acceptors (Lipinski definition) is 6. The van der Waals surface area contributed by atoms with Crippen LogP contribution in [-0.2, 0) is 10.0 Å². The second kappa shape index (κ2) is 6.13. The molecule has 118 valence electrons. The maximum atomic E-state index is 12.9. The number of sulfonamides is 1. The standard InChI is InChI=1S/C14H18N4O3S/c1-11-16-14(17-21-11)13-7-3-2-4-9-18(13)22(19,20)12-6-5-8-15-10-12/h5-6,8,10,13H,2-4,7,9H2,1H3/t13-/m1/s1. The third-order valence-corrected chi connectivity index (χ3v) is 5.68. The molecule has 1 atom stereocenters. The van der Waals surface area contributed by atoms with E-state index in [4.69, 9.17) is 4.52 Å². The van der Waals surface area contributed by atoms with Crippen molar-refractivity contribution in [3.63, 3.8) is 0 Å². The molecule has 22 heavy (non-hydrogen) atoms. The topological polar surface area (TPSA) is 89.2 Å². The van der Waals surface area contributed by atoms with E-state index < -0.39 is 10.0 Å². The number of aryl methyl sites for hydroxylation is 1. The van der Waals surface area contributed by atoms with Crippen molar-refractivity contribution in [1.82, 2.24) is 19.4 Å². The predicted molar refractivity (Wildman–Crippen MR) is 78.4 cm³/mol. The summed E-state index contributed by atoms with van der Waals surface area (Å²) in [7, 11) is -3.62. The van der Waals surface area contributed by atoms with E-state index in [1.165, 1.54) is 10.5 Å². The van der Waals surface area contributed by atoms with Gasteiger partial charge < -0.3 is 4.52 Å². The average Bonchev–Trinajstić information content (AvgIpc) is 2.81. The lowest BCUT2D eigenvalue weighted by molar-refractivity contribution is 0.302. The summed E-state index contributed by atoms with van der Waals surface area (Å²) in [5, 5.41) is 3.93. The molecule has 8 heteroatoms. The Bertz CT molecular complexity index is 730. The van der Waals surface area contributed by atoms with E-state index in [1.54, 1.807) is 25.3 Å². The van der Waals surface area contributed by atoms with Gasteiger partial charge in [0.25, 0.3) is 0 Å². The highest BCUT2D eigenvalue weighted by Gasteiger charge is 2.35. The molecule has 1 fully saturated rings. The van der Waals surface area contributed by atoms with Crippen LogP contribution in [0.1, 0.15) is 43.4 Å². The van der Waals surface area contributed by atoms with E-state index in [0.29, 0.717) is 24.7 Å². The lowest BCUT2D eigenvalue weighted by atomic mass is 10.1. The first kappa shape index (κ1) is 15.1. The number of nitrogens with zero attached hydrogens (tertiary/aromatic N) is 4. The maximum Gasteiger partial charge on any atom is 0.245 e. The van der Waals surface area contributed by atoms with Crippen molar-refractivity contribution in [3.05, 3.63) is 36.2 Å². The van der Waals surface area contributed by atoms with Crippen LogP contribution in [0.25, 0.3) is 0 Å². The predicted octanol–water partition coefficient (Wildman–Crippen LogP) is 2.08. The van der Waals surface area contributed by atoms with Crippen molar-refractivity contribution >= 4 is 10.0 Å². The molecule has 0 aromatic carbocycles. The molecule has 3 rings (SSSR count). The second-order valence-corrected chi connectivity index (χ2v) is 7.23. The van der Waals surface area contributed by atoms with Crippen molar-refractivity contribution in [2.75, 3.05) is 6.54 Å². The Balaban J connectivity index is 2.00. The molecule has 0 spiro atoms. The molecule has 0 N–H and O–H groups in total. The van der Waals surface area contributed by atoms with Crippen LogP contribution in [-0.4, -0.2) is 34.4 Å². The molecule has 0 bridgehead atoms. The van der Waals surface area contributed by atoms with E-state index in [2.05, 4.69) is 15.1 Å². The summed E-state index contributed by atoms with van der Waals surface area (Å²) in [5.74, 6) is 0.879. The molecule has 7 nitrogen and oxygen atoms in total. The summed E-state index contributed by atoms with van der Waals surface area (Å²) in [6, 6.07) is 2.80. The number of pyridine rings is 1. The number of hydrogen-bond donors (Lipinski definition) is 0. The molecule has 0 amide bonds. The first-order valence-electron chi connectivity index (χ1n) is 7.31. The first-order valence-corrected chi connectivity index (χ1v) is 8.75. The molecule has 1 aliphatic rings. The van der Waals surface area contributed by atoms with Crippen LogP contribution in [0.4, 0.5) is 0 Å². The van der Waals surface area contributed by atoms with E-state index in [-0.39, 0.29) is 10.9 Å². The maximum absolute atomic E-state index is 12.9. The molecule has 3 heterocycles. The zero-order chi connectivity index (χ0) is 15.6. The van der Waals surface area contributed by atoms with Gasteiger partial charge in [0.05, 0.1) is 6.04 Å². The van der Waals surface area contributed by atoms with Gasteiger partial charge in [-0.05, 0) is 25.0 Å². The SMILES string of the molecule is Cc1nc([C@H]2CCCCCN2S(=O)(=O)c2cccnc2)no1. The summed E-state index contributed by atoms with van der Waals surface area (Å²) in [6.07, 6.45) is 6.38. The van der Waals surface area contributed by atoms with Crippen LogP contribution >= 0.6 is 0 Å². The van der Waals surface area contributed by atoms with Crippen molar-refractivity contribution in [1.29, 1.82) is 0 Å². The van der Waals surface area contributed by atoms with Crippen molar-refractivity contribution in [2.24, 2.45) is 0 Å². The van der Waals surface area contributed by atoms with Crippen molar-refractivity contribution in [3.8, 4) is 0 Å². The Hall–Kier alpha value is -1.80. The second-order valence-electron chi connectivity index (χ2n) is 5.34. The van der Waals surface area contributed by atoms with Gasteiger partial charge in [-0.3, -0.25) is 4.98 Å². The lowest BCUT2D eigenvalue weighted by Crippen LogP contribution is -2.35. The molecular weight excluding hydrogens is 304 g/mol. The minimum absolute atomic E-state index is 0.196. The third kappa shape index (κ3) is 2.89. The fraction of sp³-hybridized carbons (Fsp3) is 0.500. The van der Waals surface area contributed by atoms with Gasteiger partial charge in [0, 0.05) is 25.9 Å². The van der Waals surface area contributed by atoms with Crippen molar-refractivity contribution in [2.45, 2.75) is 43.5 Å². The molecule has 1 saturated heterocycles. The fourth-order valence-electron chi connectivity index (χ4n) is 2.71. The van der Waals surface area contributed by atoms with Crippen LogP contribution < -0.4 is 0 Å². The molecule has 1 aliphatic heterocycles. The van der Waals surface area contributed by atoms with Crippen LogP contribution in [0.2, 0.25) is 0 Å². The Morgan fingerprint density at radius 2 is 2.18 bits per heavy atom. The monoisotopic (exact) mass is 322 g/mol. The smallest absolute Gasteiger partial charge is 0.245 e. The van der Waals surface area contributed by atoms with Gasteiger partial charge >= 0.3 is 0 Å².